The van der Waals surface area contributed by atoms with Crippen molar-refractivity contribution in [2.45, 2.75) is 18.7 Å². The molecule has 0 fully saturated rings. The molecule has 0 aromatic heterocycles. The van der Waals surface area contributed by atoms with Crippen LogP contribution in [-0.4, -0.2) is 31.8 Å². The van der Waals surface area contributed by atoms with Gasteiger partial charge in [0, 0.05) is 10.6 Å². The summed E-state index contributed by atoms with van der Waals surface area (Å²) in [5.74, 6) is -0.0329. The number of hydrogen-bond donors (Lipinski definition) is 0. The normalized spacial score (nSPS) is 15.2. The second-order valence-corrected chi connectivity index (χ2v) is 7.23. The fraction of sp³-hybridized carbons (Fsp3) is 0.217. The molecule has 0 bridgehead atoms. The Balaban J connectivity index is 2.06. The van der Waals surface area contributed by atoms with Gasteiger partial charge in [0.05, 0.1) is 30.6 Å². The van der Waals surface area contributed by atoms with Gasteiger partial charge in [-0.15, -0.1) is 11.8 Å². The first-order valence-electron chi connectivity index (χ1n) is 9.22. The van der Waals surface area contributed by atoms with E-state index in [0.717, 1.165) is 21.9 Å². The monoisotopic (exact) mass is 409 g/mol. The molecule has 0 saturated carbocycles. The van der Waals surface area contributed by atoms with Gasteiger partial charge in [0.15, 0.2) is 0 Å². The molecule has 3 rings (SSSR count). The zero-order chi connectivity index (χ0) is 21.0. The quantitative estimate of drug-likeness (QED) is 0.394. The van der Waals surface area contributed by atoms with Crippen LogP contribution < -0.4 is 9.64 Å². The van der Waals surface area contributed by atoms with Crippen molar-refractivity contribution in [3.05, 3.63) is 70.9 Å². The molecule has 2 aromatic rings. The number of ether oxygens (including phenoxy) is 2. The molecule has 0 N–H and O–H groups in total. The molecular weight excluding hydrogens is 386 g/mol. The van der Waals surface area contributed by atoms with Crippen molar-refractivity contribution < 1.29 is 19.1 Å². The summed E-state index contributed by atoms with van der Waals surface area (Å²) in [6, 6.07) is 15.0. The molecule has 5 nitrogen and oxygen atoms in total. The van der Waals surface area contributed by atoms with Gasteiger partial charge in [-0.25, -0.2) is 4.79 Å². The molecule has 0 aliphatic carbocycles. The number of nitrogens with zero attached hydrogens (tertiary/aromatic N) is 1. The molecule has 6 heteroatoms. The van der Waals surface area contributed by atoms with Crippen LogP contribution in [0.2, 0.25) is 0 Å². The number of allylic oxidation sites excluding steroid dienone is 1. The molecule has 1 aliphatic heterocycles. The number of amides is 1. The number of benzene rings is 2. The van der Waals surface area contributed by atoms with Crippen LogP contribution in [0.5, 0.6) is 5.75 Å². The Morgan fingerprint density at radius 2 is 1.90 bits per heavy atom. The van der Waals surface area contributed by atoms with Crippen molar-refractivity contribution in [2.75, 3.05) is 24.9 Å². The molecule has 2 aromatic carbocycles. The van der Waals surface area contributed by atoms with Crippen molar-refractivity contribution in [2.24, 2.45) is 0 Å². The number of methoxy groups -OCH3 is 1. The predicted octanol–water partition coefficient (Wildman–Crippen LogP) is 4.68. The average molecular weight is 410 g/mol. The first kappa shape index (κ1) is 20.7. The summed E-state index contributed by atoms with van der Waals surface area (Å²) in [5.41, 5.74) is 2.66. The van der Waals surface area contributed by atoms with E-state index in [2.05, 4.69) is 0 Å². The lowest BCUT2D eigenvalue weighted by Crippen LogP contribution is -2.24. The summed E-state index contributed by atoms with van der Waals surface area (Å²) in [6.45, 7) is 4.26. The summed E-state index contributed by atoms with van der Waals surface area (Å²) >= 11 is 1.59. The lowest BCUT2D eigenvalue weighted by Gasteiger charge is -2.18. The molecule has 0 saturated heterocycles. The van der Waals surface area contributed by atoms with Crippen LogP contribution in [0, 0.1) is 0 Å². The van der Waals surface area contributed by atoms with E-state index in [-0.39, 0.29) is 11.5 Å². The van der Waals surface area contributed by atoms with Gasteiger partial charge in [-0.1, -0.05) is 18.2 Å². The third-order valence-corrected chi connectivity index (χ3v) is 5.33. The maximum Gasteiger partial charge on any atom is 0.340 e. The van der Waals surface area contributed by atoms with Crippen molar-refractivity contribution >= 4 is 35.4 Å². The minimum Gasteiger partial charge on any atom is -0.494 e. The molecule has 1 heterocycles. The zero-order valence-corrected chi connectivity index (χ0v) is 17.7. The topological polar surface area (TPSA) is 55.8 Å². The van der Waals surface area contributed by atoms with Gasteiger partial charge >= 0.3 is 5.97 Å². The number of carbonyl (C=O) groups excluding carboxylic acids is 2. The highest BCUT2D eigenvalue weighted by atomic mass is 32.2. The second kappa shape index (κ2) is 9.01. The predicted molar refractivity (Wildman–Crippen MR) is 116 cm³/mol. The molecule has 0 radical (unpaired) electrons. The Bertz CT molecular complexity index is 992. The molecule has 0 spiro atoms. The number of rotatable bonds is 6. The number of carbonyl (C=O) groups is 2. The van der Waals surface area contributed by atoms with Crippen molar-refractivity contribution in [3.8, 4) is 5.75 Å². The third kappa shape index (κ3) is 4.22. The Hall–Kier alpha value is -2.99. The number of anilines is 1. The Kier molecular flexibility index (Phi) is 6.44. The molecule has 0 unspecified atom stereocenters. The van der Waals surface area contributed by atoms with Crippen LogP contribution >= 0.6 is 11.8 Å². The number of esters is 1. The van der Waals surface area contributed by atoms with Crippen LogP contribution in [0.15, 0.2) is 70.3 Å². The van der Waals surface area contributed by atoms with Gasteiger partial charge in [0.25, 0.3) is 5.91 Å². The average Bonchev–Trinajstić information content (AvgIpc) is 2.98. The maximum absolute atomic E-state index is 13.3. The fourth-order valence-electron chi connectivity index (χ4n) is 3.23. The van der Waals surface area contributed by atoms with Crippen LogP contribution in [0.1, 0.15) is 19.4 Å². The van der Waals surface area contributed by atoms with E-state index in [1.165, 1.54) is 7.11 Å². The maximum atomic E-state index is 13.3. The van der Waals surface area contributed by atoms with E-state index in [9.17, 15) is 9.59 Å². The lowest BCUT2D eigenvalue weighted by atomic mass is 10.0. The van der Waals surface area contributed by atoms with Crippen molar-refractivity contribution in [1.82, 2.24) is 0 Å². The van der Waals surface area contributed by atoms with Gasteiger partial charge in [0.1, 0.15) is 5.75 Å². The molecule has 1 aliphatic rings. The Morgan fingerprint density at radius 3 is 2.52 bits per heavy atom. The second-order valence-electron chi connectivity index (χ2n) is 6.35. The van der Waals surface area contributed by atoms with Gasteiger partial charge in [-0.2, -0.15) is 0 Å². The minimum absolute atomic E-state index is 0.255. The van der Waals surface area contributed by atoms with Gasteiger partial charge in [-0.05, 0) is 62.1 Å². The summed E-state index contributed by atoms with van der Waals surface area (Å²) in [5, 5.41) is 0. The highest BCUT2D eigenvalue weighted by Crippen LogP contribution is 2.36. The van der Waals surface area contributed by atoms with Crippen LogP contribution in [0.25, 0.3) is 6.08 Å². The van der Waals surface area contributed by atoms with Crippen molar-refractivity contribution in [1.29, 1.82) is 0 Å². The first-order valence-corrected chi connectivity index (χ1v) is 10.4. The van der Waals surface area contributed by atoms with E-state index >= 15 is 0 Å². The summed E-state index contributed by atoms with van der Waals surface area (Å²) in [6.07, 6.45) is 3.69. The number of hydrogen-bond acceptors (Lipinski definition) is 5. The minimum atomic E-state index is -0.531. The van der Waals surface area contributed by atoms with Crippen molar-refractivity contribution in [3.63, 3.8) is 0 Å². The zero-order valence-electron chi connectivity index (χ0n) is 16.9. The Morgan fingerprint density at radius 1 is 1.17 bits per heavy atom. The van der Waals surface area contributed by atoms with E-state index in [4.69, 9.17) is 9.47 Å². The smallest absolute Gasteiger partial charge is 0.340 e. The lowest BCUT2D eigenvalue weighted by molar-refractivity contribution is -0.136. The number of thioether (sulfide) groups is 1. The van der Waals surface area contributed by atoms with Gasteiger partial charge in [-0.3, -0.25) is 9.69 Å². The van der Waals surface area contributed by atoms with Crippen LogP contribution in [0.3, 0.4) is 0 Å². The summed E-state index contributed by atoms with van der Waals surface area (Å²) < 4.78 is 10.4. The molecule has 1 amide bonds. The summed E-state index contributed by atoms with van der Waals surface area (Å²) in [7, 11) is 1.32. The van der Waals surface area contributed by atoms with Gasteiger partial charge in [0.2, 0.25) is 0 Å². The highest BCUT2D eigenvalue weighted by molar-refractivity contribution is 7.98. The highest BCUT2D eigenvalue weighted by Gasteiger charge is 2.37. The standard InChI is InChI=1S/C23H23NO4S/c1-5-28-18-11-9-16(10-12-18)13-20-21(23(26)27-3)15(2)24(22(20)25)17-7-6-8-19(14-17)29-4/h6-14H,5H2,1-4H3/b20-13-. The molecule has 0 atom stereocenters. The van der Waals surface area contributed by atoms with E-state index in [1.807, 2.05) is 61.7 Å². The summed E-state index contributed by atoms with van der Waals surface area (Å²) in [4.78, 5) is 28.4. The van der Waals surface area contributed by atoms with E-state index in [0.29, 0.717) is 17.9 Å². The molecule has 150 valence electrons. The SMILES string of the molecule is CCOc1ccc(/C=C2\C(=O)N(c3cccc(SC)c3)C(C)=C2C(=O)OC)cc1. The van der Waals surface area contributed by atoms with Crippen LogP contribution in [0.4, 0.5) is 5.69 Å². The largest absolute Gasteiger partial charge is 0.494 e. The van der Waals surface area contributed by atoms with E-state index < -0.39 is 5.97 Å². The van der Waals surface area contributed by atoms with E-state index in [1.54, 1.807) is 29.7 Å². The van der Waals surface area contributed by atoms with Crippen LogP contribution in [-0.2, 0) is 14.3 Å². The van der Waals surface area contributed by atoms with Gasteiger partial charge < -0.3 is 9.47 Å². The molecule has 29 heavy (non-hydrogen) atoms. The first-order chi connectivity index (χ1) is 14.0. The third-order valence-electron chi connectivity index (χ3n) is 4.60. The fourth-order valence-corrected chi connectivity index (χ4v) is 3.69. The molecular formula is C23H23NO4S. The Labute approximate surface area is 175 Å².